The zero-order valence-corrected chi connectivity index (χ0v) is 6.12. The first-order valence-corrected chi connectivity index (χ1v) is 2.92. The van der Waals surface area contributed by atoms with E-state index in [1.165, 1.54) is 6.92 Å². The molecule has 0 radical (unpaired) electrons. The molecule has 0 amide bonds. The van der Waals surface area contributed by atoms with Gasteiger partial charge in [-0.05, 0) is 6.92 Å². The molecule has 0 aliphatic rings. The molecule has 11 heavy (non-hydrogen) atoms. The van der Waals surface area contributed by atoms with Crippen molar-refractivity contribution in [1.29, 1.82) is 0 Å². The Labute approximate surface area is 63.8 Å². The largest absolute Gasteiger partial charge is 0.429 e. The second kappa shape index (κ2) is 4.38. The van der Waals surface area contributed by atoms with Crippen LogP contribution in [-0.2, 0) is 19.1 Å². The molecule has 0 unspecified atom stereocenters. The molecule has 0 saturated heterocycles. The van der Waals surface area contributed by atoms with E-state index in [1.807, 2.05) is 0 Å². The monoisotopic (exact) mass is 156 g/mol. The van der Waals surface area contributed by atoms with E-state index in [4.69, 9.17) is 0 Å². The van der Waals surface area contributed by atoms with Crippen molar-refractivity contribution in [2.24, 2.45) is 0 Å². The highest BCUT2D eigenvalue weighted by Crippen LogP contribution is 1.89. The molecule has 0 aliphatic heterocycles. The third kappa shape index (κ3) is 4.02. The van der Waals surface area contributed by atoms with Gasteiger partial charge in [-0.15, -0.1) is 0 Å². The number of esters is 1. The van der Waals surface area contributed by atoms with Crippen LogP contribution in [-0.4, -0.2) is 17.5 Å². The smallest absolute Gasteiger partial charge is 0.379 e. The summed E-state index contributed by atoms with van der Waals surface area (Å²) in [7, 11) is 0. The number of hydrogen-bond donors (Lipinski definition) is 0. The molecular weight excluding hydrogens is 148 g/mol. The molecule has 0 aromatic heterocycles. The summed E-state index contributed by atoms with van der Waals surface area (Å²) in [6, 6.07) is 0. The number of ketones is 2. The molecule has 0 saturated carbocycles. The standard InChI is InChI=1S/C7H8O4/c1-3-11-7(10)6(9)4-5(2)8/h3H,1,4H2,2H3. The lowest BCUT2D eigenvalue weighted by Gasteiger charge is -1.93. The SMILES string of the molecule is C=COC(=O)C(=O)CC(C)=O. The minimum Gasteiger partial charge on any atom is -0.429 e. The van der Waals surface area contributed by atoms with Crippen LogP contribution >= 0.6 is 0 Å². The Hall–Kier alpha value is -1.45. The van der Waals surface area contributed by atoms with Crippen LogP contribution in [0, 0.1) is 0 Å². The highest BCUT2D eigenvalue weighted by Gasteiger charge is 2.15. The molecule has 4 heteroatoms. The summed E-state index contributed by atoms with van der Waals surface area (Å²) in [6.07, 6.45) is 0.438. The average Bonchev–Trinajstić information content (AvgIpc) is 1.86. The lowest BCUT2D eigenvalue weighted by atomic mass is 10.2. The Morgan fingerprint density at radius 3 is 2.36 bits per heavy atom. The first-order chi connectivity index (χ1) is 5.07. The third-order valence-electron chi connectivity index (χ3n) is 0.828. The van der Waals surface area contributed by atoms with Crippen LogP contribution in [0.3, 0.4) is 0 Å². The van der Waals surface area contributed by atoms with Gasteiger partial charge < -0.3 is 4.74 Å². The highest BCUT2D eigenvalue weighted by molar-refractivity contribution is 6.37. The fourth-order valence-electron chi connectivity index (χ4n) is 0.440. The number of Topliss-reactive ketones (excluding diaryl/α,β-unsaturated/α-hetero) is 2. The van der Waals surface area contributed by atoms with Crippen LogP contribution < -0.4 is 0 Å². The lowest BCUT2D eigenvalue weighted by Crippen LogP contribution is -2.17. The fraction of sp³-hybridized carbons (Fsp3) is 0.286. The van der Waals surface area contributed by atoms with Crippen LogP contribution in [0.4, 0.5) is 0 Å². The van der Waals surface area contributed by atoms with Crippen LogP contribution in [0.25, 0.3) is 0 Å². The second-order valence-electron chi connectivity index (χ2n) is 1.87. The quantitative estimate of drug-likeness (QED) is 0.253. The van der Waals surface area contributed by atoms with E-state index < -0.39 is 18.2 Å². The van der Waals surface area contributed by atoms with Crippen molar-refractivity contribution < 1.29 is 19.1 Å². The molecule has 0 rings (SSSR count). The summed E-state index contributed by atoms with van der Waals surface area (Å²) in [5.41, 5.74) is 0. The maximum atomic E-state index is 10.6. The van der Waals surface area contributed by atoms with Gasteiger partial charge in [0.05, 0.1) is 12.7 Å². The third-order valence-corrected chi connectivity index (χ3v) is 0.828. The molecule has 0 atom stereocenters. The van der Waals surface area contributed by atoms with Crippen LogP contribution in [0.2, 0.25) is 0 Å². The number of hydrogen-bond acceptors (Lipinski definition) is 4. The normalized spacial score (nSPS) is 8.45. The van der Waals surface area contributed by atoms with E-state index >= 15 is 0 Å². The highest BCUT2D eigenvalue weighted by atomic mass is 16.5. The minimum absolute atomic E-state index is 0.365. The molecule has 60 valence electrons. The number of ether oxygens (including phenoxy) is 1. The molecule has 0 heterocycles. The van der Waals surface area contributed by atoms with E-state index in [1.54, 1.807) is 0 Å². The van der Waals surface area contributed by atoms with Crippen molar-refractivity contribution in [3.05, 3.63) is 12.8 Å². The van der Waals surface area contributed by atoms with E-state index in [9.17, 15) is 14.4 Å². The summed E-state index contributed by atoms with van der Waals surface area (Å²) in [4.78, 5) is 31.4. The van der Waals surface area contributed by atoms with Crippen molar-refractivity contribution >= 4 is 17.5 Å². The maximum Gasteiger partial charge on any atom is 0.379 e. The van der Waals surface area contributed by atoms with Gasteiger partial charge in [0, 0.05) is 0 Å². The molecule has 0 fully saturated rings. The van der Waals surface area contributed by atoms with E-state index in [2.05, 4.69) is 11.3 Å². The molecule has 0 aromatic rings. The van der Waals surface area contributed by atoms with Gasteiger partial charge in [-0.25, -0.2) is 4.79 Å². The van der Waals surface area contributed by atoms with Gasteiger partial charge in [0.15, 0.2) is 0 Å². The summed E-state index contributed by atoms with van der Waals surface area (Å²) in [5.74, 6) is -2.26. The van der Waals surface area contributed by atoms with Gasteiger partial charge in [0.2, 0.25) is 5.78 Å². The molecule has 0 N–H and O–H groups in total. The van der Waals surface area contributed by atoms with E-state index in [0.29, 0.717) is 0 Å². The van der Waals surface area contributed by atoms with E-state index in [0.717, 1.165) is 6.26 Å². The Morgan fingerprint density at radius 2 is 2.00 bits per heavy atom. The Morgan fingerprint density at radius 1 is 1.45 bits per heavy atom. The molecule has 0 bridgehead atoms. The maximum absolute atomic E-state index is 10.6. The van der Waals surface area contributed by atoms with E-state index in [-0.39, 0.29) is 5.78 Å². The topological polar surface area (TPSA) is 60.4 Å². The summed E-state index contributed by atoms with van der Waals surface area (Å²) >= 11 is 0. The molecule has 4 nitrogen and oxygen atoms in total. The fourth-order valence-corrected chi connectivity index (χ4v) is 0.440. The van der Waals surface area contributed by atoms with Crippen LogP contribution in [0.5, 0.6) is 0 Å². The van der Waals surface area contributed by atoms with Crippen LogP contribution in [0.1, 0.15) is 13.3 Å². The van der Waals surface area contributed by atoms with Crippen molar-refractivity contribution in [3.8, 4) is 0 Å². The summed E-state index contributed by atoms with van der Waals surface area (Å²) in [6.45, 7) is 4.30. The zero-order valence-electron chi connectivity index (χ0n) is 6.12. The Kier molecular flexibility index (Phi) is 3.80. The first-order valence-electron chi connectivity index (χ1n) is 2.92. The van der Waals surface area contributed by atoms with Gasteiger partial charge in [-0.3, -0.25) is 9.59 Å². The molecule has 0 aliphatic carbocycles. The Balaban J connectivity index is 3.93. The van der Waals surface area contributed by atoms with Gasteiger partial charge in [-0.1, -0.05) is 6.58 Å². The van der Waals surface area contributed by atoms with Gasteiger partial charge in [0.25, 0.3) is 0 Å². The van der Waals surface area contributed by atoms with Crippen molar-refractivity contribution in [2.75, 3.05) is 0 Å². The lowest BCUT2D eigenvalue weighted by molar-refractivity contribution is -0.150. The van der Waals surface area contributed by atoms with Crippen LogP contribution in [0.15, 0.2) is 12.8 Å². The molecule has 0 aromatic carbocycles. The van der Waals surface area contributed by atoms with Crippen molar-refractivity contribution in [1.82, 2.24) is 0 Å². The van der Waals surface area contributed by atoms with Gasteiger partial charge in [-0.2, -0.15) is 0 Å². The van der Waals surface area contributed by atoms with Gasteiger partial charge >= 0.3 is 5.97 Å². The van der Waals surface area contributed by atoms with Gasteiger partial charge in [0.1, 0.15) is 5.78 Å². The minimum atomic E-state index is -1.05. The predicted octanol–water partition coefficient (Wildman–Crippen LogP) is 0.221. The van der Waals surface area contributed by atoms with Crippen molar-refractivity contribution in [2.45, 2.75) is 13.3 Å². The summed E-state index contributed by atoms with van der Waals surface area (Å²) < 4.78 is 4.13. The average molecular weight is 156 g/mol. The zero-order chi connectivity index (χ0) is 8.85. The second-order valence-corrected chi connectivity index (χ2v) is 1.87. The van der Waals surface area contributed by atoms with Crippen molar-refractivity contribution in [3.63, 3.8) is 0 Å². The molecular formula is C7H8O4. The number of carbonyl (C=O) groups is 3. The summed E-state index contributed by atoms with van der Waals surface area (Å²) in [5, 5.41) is 0. The number of rotatable bonds is 4. The Bertz CT molecular complexity index is 204. The predicted molar refractivity (Wildman–Crippen MR) is 36.6 cm³/mol. The number of carbonyl (C=O) groups excluding carboxylic acids is 3. The molecule has 0 spiro atoms. The first kappa shape index (κ1) is 9.55.